The number of carboxylic acids is 1. The summed E-state index contributed by atoms with van der Waals surface area (Å²) in [5.41, 5.74) is 1.61. The molecule has 1 aliphatic heterocycles. The molecule has 90 valence electrons. The highest BCUT2D eigenvalue weighted by Gasteiger charge is 2.24. The average Bonchev–Trinajstić information content (AvgIpc) is 2.30. The van der Waals surface area contributed by atoms with Crippen LogP contribution in [0.3, 0.4) is 0 Å². The maximum absolute atomic E-state index is 11.0. The van der Waals surface area contributed by atoms with Crippen molar-refractivity contribution in [1.82, 2.24) is 4.90 Å². The molecule has 1 atom stereocenters. The van der Waals surface area contributed by atoms with E-state index in [1.807, 2.05) is 37.4 Å². The minimum atomic E-state index is -0.810. The van der Waals surface area contributed by atoms with E-state index in [4.69, 9.17) is 5.11 Å². The van der Waals surface area contributed by atoms with Gasteiger partial charge in [-0.15, -0.1) is 0 Å². The normalized spacial score (nSPS) is 21.1. The molecule has 1 aliphatic rings. The molecule has 1 unspecified atom stereocenters. The monoisotopic (exact) mass is 295 g/mol. The lowest BCUT2D eigenvalue weighted by atomic mass is 9.97. The van der Waals surface area contributed by atoms with Crippen molar-refractivity contribution in [2.75, 3.05) is 13.6 Å². The molecule has 2 rings (SSSR count). The van der Waals surface area contributed by atoms with Crippen LogP contribution in [-0.4, -0.2) is 29.6 Å². The van der Waals surface area contributed by atoms with Gasteiger partial charge in [0.25, 0.3) is 0 Å². The Balaban J connectivity index is 2.39. The number of aliphatic carboxylic acids is 1. The van der Waals surface area contributed by atoms with Crippen molar-refractivity contribution >= 4 is 21.9 Å². The lowest BCUT2D eigenvalue weighted by molar-refractivity contribution is -0.133. The predicted octanol–water partition coefficient (Wildman–Crippen LogP) is 2.84. The molecule has 1 heterocycles. The molecule has 4 heteroatoms. The Hall–Kier alpha value is -1.13. The highest BCUT2D eigenvalue weighted by atomic mass is 79.9. The molecule has 0 saturated carbocycles. The number of hydrogen-bond acceptors (Lipinski definition) is 2. The third-order valence-corrected chi connectivity index (χ3v) is 3.79. The number of halogens is 1. The average molecular weight is 296 g/mol. The summed E-state index contributed by atoms with van der Waals surface area (Å²) in [6.45, 7) is 0.768. The van der Waals surface area contributed by atoms with E-state index >= 15 is 0 Å². The standard InChI is InChI=1S/C13H14BrNO2/c1-15-7-6-9(13(16)17)8-12(15)10-4-2-3-5-11(10)14/h2-5,8,12H,6-7H2,1H3,(H,16,17). The maximum atomic E-state index is 11.0. The first-order valence-corrected chi connectivity index (χ1v) is 6.27. The van der Waals surface area contributed by atoms with Crippen LogP contribution in [0.2, 0.25) is 0 Å². The Kier molecular flexibility index (Phi) is 3.64. The van der Waals surface area contributed by atoms with E-state index in [2.05, 4.69) is 20.8 Å². The Morgan fingerprint density at radius 2 is 2.18 bits per heavy atom. The molecule has 0 aliphatic carbocycles. The maximum Gasteiger partial charge on any atom is 0.331 e. The van der Waals surface area contributed by atoms with E-state index in [0.717, 1.165) is 16.6 Å². The van der Waals surface area contributed by atoms with Gasteiger partial charge >= 0.3 is 5.97 Å². The first-order chi connectivity index (χ1) is 8.09. The van der Waals surface area contributed by atoms with Crippen LogP contribution in [0.15, 0.2) is 40.4 Å². The number of carbonyl (C=O) groups is 1. The summed E-state index contributed by atoms with van der Waals surface area (Å²) < 4.78 is 1.01. The van der Waals surface area contributed by atoms with E-state index in [-0.39, 0.29) is 6.04 Å². The van der Waals surface area contributed by atoms with Crippen molar-refractivity contribution in [1.29, 1.82) is 0 Å². The largest absolute Gasteiger partial charge is 0.478 e. The number of nitrogens with zero attached hydrogens (tertiary/aromatic N) is 1. The molecular weight excluding hydrogens is 282 g/mol. The molecule has 1 aromatic rings. The van der Waals surface area contributed by atoms with Crippen molar-refractivity contribution in [3.63, 3.8) is 0 Å². The van der Waals surface area contributed by atoms with Gasteiger partial charge in [-0.2, -0.15) is 0 Å². The van der Waals surface area contributed by atoms with Gasteiger partial charge in [0.1, 0.15) is 0 Å². The third-order valence-electron chi connectivity index (χ3n) is 3.07. The Morgan fingerprint density at radius 1 is 1.47 bits per heavy atom. The number of benzene rings is 1. The minimum absolute atomic E-state index is 0.0328. The summed E-state index contributed by atoms with van der Waals surface area (Å²) in [5.74, 6) is -0.810. The van der Waals surface area contributed by atoms with Gasteiger partial charge in [0.15, 0.2) is 0 Å². The van der Waals surface area contributed by atoms with E-state index in [1.54, 1.807) is 0 Å². The topological polar surface area (TPSA) is 40.5 Å². The fourth-order valence-electron chi connectivity index (χ4n) is 2.06. The van der Waals surface area contributed by atoms with Crippen molar-refractivity contribution < 1.29 is 9.90 Å². The van der Waals surface area contributed by atoms with E-state index in [1.165, 1.54) is 0 Å². The van der Waals surface area contributed by atoms with Crippen LogP contribution in [0, 0.1) is 0 Å². The Labute approximate surface area is 109 Å². The molecular formula is C13H14BrNO2. The summed E-state index contributed by atoms with van der Waals surface area (Å²) in [7, 11) is 2.01. The smallest absolute Gasteiger partial charge is 0.331 e. The van der Waals surface area contributed by atoms with Gasteiger partial charge in [0, 0.05) is 16.6 Å². The second-order valence-corrected chi connectivity index (χ2v) is 5.05. The van der Waals surface area contributed by atoms with Crippen molar-refractivity contribution in [2.24, 2.45) is 0 Å². The number of carboxylic acid groups (broad SMARTS) is 1. The van der Waals surface area contributed by atoms with Crippen molar-refractivity contribution in [3.8, 4) is 0 Å². The van der Waals surface area contributed by atoms with Gasteiger partial charge in [0.05, 0.1) is 6.04 Å². The first kappa shape index (κ1) is 12.3. The highest BCUT2D eigenvalue weighted by Crippen LogP contribution is 2.32. The lowest BCUT2D eigenvalue weighted by Gasteiger charge is -2.31. The fraction of sp³-hybridized carbons (Fsp3) is 0.308. The van der Waals surface area contributed by atoms with Gasteiger partial charge in [-0.25, -0.2) is 4.79 Å². The third kappa shape index (κ3) is 2.58. The van der Waals surface area contributed by atoms with Crippen LogP contribution < -0.4 is 0 Å². The molecule has 0 spiro atoms. The Bertz CT molecular complexity index is 470. The molecule has 1 aromatic carbocycles. The molecule has 0 fully saturated rings. The van der Waals surface area contributed by atoms with Crippen LogP contribution >= 0.6 is 15.9 Å². The molecule has 1 N–H and O–H groups in total. The van der Waals surface area contributed by atoms with Crippen LogP contribution in [0.25, 0.3) is 0 Å². The van der Waals surface area contributed by atoms with Crippen molar-refractivity contribution in [3.05, 3.63) is 46.0 Å². The van der Waals surface area contributed by atoms with Gasteiger partial charge in [-0.3, -0.25) is 4.90 Å². The van der Waals surface area contributed by atoms with Gasteiger partial charge in [0.2, 0.25) is 0 Å². The molecule has 0 radical (unpaired) electrons. The van der Waals surface area contributed by atoms with E-state index in [0.29, 0.717) is 12.0 Å². The van der Waals surface area contributed by atoms with Crippen LogP contribution in [0.4, 0.5) is 0 Å². The summed E-state index contributed by atoms with van der Waals surface area (Å²) >= 11 is 3.51. The van der Waals surface area contributed by atoms with Crippen LogP contribution in [-0.2, 0) is 4.79 Å². The zero-order valence-electron chi connectivity index (χ0n) is 9.56. The lowest BCUT2D eigenvalue weighted by Crippen LogP contribution is -2.30. The summed E-state index contributed by atoms with van der Waals surface area (Å²) in [6.07, 6.45) is 2.44. The second kappa shape index (κ2) is 5.02. The molecule has 3 nitrogen and oxygen atoms in total. The van der Waals surface area contributed by atoms with E-state index in [9.17, 15) is 4.79 Å². The van der Waals surface area contributed by atoms with Crippen LogP contribution in [0.5, 0.6) is 0 Å². The summed E-state index contributed by atoms with van der Waals surface area (Å²) in [6, 6.07) is 7.96. The predicted molar refractivity (Wildman–Crippen MR) is 69.8 cm³/mol. The second-order valence-electron chi connectivity index (χ2n) is 4.19. The molecule has 17 heavy (non-hydrogen) atoms. The minimum Gasteiger partial charge on any atom is -0.478 e. The summed E-state index contributed by atoms with van der Waals surface area (Å²) in [4.78, 5) is 13.2. The van der Waals surface area contributed by atoms with Crippen LogP contribution in [0.1, 0.15) is 18.0 Å². The van der Waals surface area contributed by atoms with Gasteiger partial charge in [-0.1, -0.05) is 40.2 Å². The summed E-state index contributed by atoms with van der Waals surface area (Å²) in [5, 5.41) is 9.06. The molecule has 0 bridgehead atoms. The quantitative estimate of drug-likeness (QED) is 0.912. The first-order valence-electron chi connectivity index (χ1n) is 5.48. The zero-order valence-corrected chi connectivity index (χ0v) is 11.1. The van der Waals surface area contributed by atoms with Gasteiger partial charge in [-0.05, 0) is 25.1 Å². The highest BCUT2D eigenvalue weighted by molar-refractivity contribution is 9.10. The SMILES string of the molecule is CN1CCC(C(=O)O)=CC1c1ccccc1Br. The fourth-order valence-corrected chi connectivity index (χ4v) is 2.58. The number of hydrogen-bond donors (Lipinski definition) is 1. The number of rotatable bonds is 2. The van der Waals surface area contributed by atoms with E-state index < -0.39 is 5.97 Å². The number of likely N-dealkylation sites (N-methyl/N-ethyl adjacent to an activating group) is 1. The molecule has 0 aromatic heterocycles. The molecule has 0 saturated heterocycles. The van der Waals surface area contributed by atoms with Crippen molar-refractivity contribution in [2.45, 2.75) is 12.5 Å². The molecule has 0 amide bonds. The van der Waals surface area contributed by atoms with Gasteiger partial charge < -0.3 is 5.11 Å². The zero-order chi connectivity index (χ0) is 12.4. The Morgan fingerprint density at radius 3 is 2.82 bits per heavy atom.